The summed E-state index contributed by atoms with van der Waals surface area (Å²) < 4.78 is 2.05. The summed E-state index contributed by atoms with van der Waals surface area (Å²) in [5, 5.41) is 4.80. The number of nitrogens with zero attached hydrogens (tertiary/aromatic N) is 3. The van der Waals surface area contributed by atoms with Gasteiger partial charge in [-0.1, -0.05) is 43.0 Å². The second kappa shape index (κ2) is 6.96. The van der Waals surface area contributed by atoms with Gasteiger partial charge in [0.15, 0.2) is 5.16 Å². The molecule has 0 saturated heterocycles. The molecule has 1 N–H and O–H groups in total. The number of aromatic nitrogens is 3. The maximum absolute atomic E-state index is 12.2. The van der Waals surface area contributed by atoms with E-state index >= 15 is 0 Å². The van der Waals surface area contributed by atoms with Crippen LogP contribution in [0.15, 0.2) is 53.7 Å². The van der Waals surface area contributed by atoms with Crippen LogP contribution in [0, 0.1) is 0 Å². The van der Waals surface area contributed by atoms with Gasteiger partial charge in [-0.2, -0.15) is 0 Å². The van der Waals surface area contributed by atoms with Crippen LogP contribution in [0.25, 0.3) is 27.6 Å². The Kier molecular flexibility index (Phi) is 4.51. The molecule has 0 radical (unpaired) electrons. The molecule has 0 saturated carbocycles. The van der Waals surface area contributed by atoms with E-state index in [1.165, 1.54) is 11.8 Å². The van der Waals surface area contributed by atoms with E-state index < -0.39 is 0 Å². The number of hydrogen-bond donors (Lipinski definition) is 1. The third-order valence-corrected chi connectivity index (χ3v) is 5.40. The molecule has 132 valence electrons. The summed E-state index contributed by atoms with van der Waals surface area (Å²) in [6, 6.07) is 16.2. The third kappa shape index (κ3) is 3.01. The first-order valence-electron chi connectivity index (χ1n) is 8.75. The lowest BCUT2D eigenvalue weighted by atomic mass is 10.2. The van der Waals surface area contributed by atoms with E-state index in [1.807, 2.05) is 55.5 Å². The monoisotopic (exact) mass is 364 g/mol. The lowest BCUT2D eigenvalue weighted by molar-refractivity contribution is -0.119. The van der Waals surface area contributed by atoms with E-state index in [4.69, 9.17) is 9.97 Å². The minimum atomic E-state index is 0.0249. The summed E-state index contributed by atoms with van der Waals surface area (Å²) in [5.74, 6) is 0.356. The standard InChI is InChI=1S/C20H20N4OS/c1-3-13(2)21-18(25)12-26-20-23-15-9-5-4-8-14(15)19-22-16-10-6-7-11-17(16)24(19)20/h4-11,13H,3,12H2,1-2H3,(H,21,25)/t13-/m0/s1. The Hall–Kier alpha value is -2.60. The normalized spacial score (nSPS) is 12.7. The van der Waals surface area contributed by atoms with Gasteiger partial charge in [0.25, 0.3) is 0 Å². The maximum Gasteiger partial charge on any atom is 0.230 e. The summed E-state index contributed by atoms with van der Waals surface area (Å²) in [6.45, 7) is 4.07. The molecule has 4 rings (SSSR count). The number of benzene rings is 2. The molecule has 2 aromatic heterocycles. The molecule has 0 fully saturated rings. The minimum absolute atomic E-state index is 0.0249. The predicted octanol–water partition coefficient (Wildman–Crippen LogP) is 4.04. The van der Waals surface area contributed by atoms with Gasteiger partial charge in [-0.15, -0.1) is 0 Å². The molecule has 1 atom stereocenters. The second-order valence-corrected chi connectivity index (χ2v) is 7.28. The van der Waals surface area contributed by atoms with Crippen molar-refractivity contribution in [1.29, 1.82) is 0 Å². The van der Waals surface area contributed by atoms with Crippen LogP contribution in [-0.2, 0) is 4.79 Å². The van der Waals surface area contributed by atoms with Gasteiger partial charge in [0.05, 0.1) is 22.3 Å². The van der Waals surface area contributed by atoms with Crippen molar-refractivity contribution in [2.24, 2.45) is 0 Å². The van der Waals surface area contributed by atoms with Crippen LogP contribution in [0.3, 0.4) is 0 Å². The largest absolute Gasteiger partial charge is 0.353 e. The Balaban J connectivity index is 1.80. The average Bonchev–Trinajstić information content (AvgIpc) is 3.06. The van der Waals surface area contributed by atoms with Gasteiger partial charge in [-0.05, 0) is 37.6 Å². The molecule has 2 heterocycles. The molecule has 26 heavy (non-hydrogen) atoms. The number of rotatable bonds is 5. The molecule has 0 aliphatic rings. The van der Waals surface area contributed by atoms with E-state index in [2.05, 4.69) is 16.6 Å². The van der Waals surface area contributed by atoms with Crippen LogP contribution < -0.4 is 5.32 Å². The summed E-state index contributed by atoms with van der Waals surface area (Å²) in [5.41, 5.74) is 3.70. The number of para-hydroxylation sites is 3. The van der Waals surface area contributed by atoms with Gasteiger partial charge in [0.2, 0.25) is 5.91 Å². The highest BCUT2D eigenvalue weighted by Gasteiger charge is 2.15. The van der Waals surface area contributed by atoms with Gasteiger partial charge in [-0.3, -0.25) is 9.20 Å². The van der Waals surface area contributed by atoms with Crippen LogP contribution >= 0.6 is 11.8 Å². The maximum atomic E-state index is 12.2. The molecule has 6 heteroatoms. The topological polar surface area (TPSA) is 59.3 Å². The predicted molar refractivity (Wildman–Crippen MR) is 107 cm³/mol. The van der Waals surface area contributed by atoms with Crippen LogP contribution in [0.4, 0.5) is 0 Å². The van der Waals surface area contributed by atoms with Crippen molar-refractivity contribution >= 4 is 45.3 Å². The Labute approximate surface area is 155 Å². The van der Waals surface area contributed by atoms with Crippen molar-refractivity contribution in [3.05, 3.63) is 48.5 Å². The molecule has 2 aromatic carbocycles. The van der Waals surface area contributed by atoms with Crippen molar-refractivity contribution in [3.8, 4) is 0 Å². The zero-order valence-electron chi connectivity index (χ0n) is 14.8. The first kappa shape index (κ1) is 16.8. The van der Waals surface area contributed by atoms with Gasteiger partial charge >= 0.3 is 0 Å². The zero-order chi connectivity index (χ0) is 18.1. The minimum Gasteiger partial charge on any atom is -0.353 e. The van der Waals surface area contributed by atoms with Gasteiger partial charge in [0, 0.05) is 11.4 Å². The first-order valence-corrected chi connectivity index (χ1v) is 9.74. The highest BCUT2D eigenvalue weighted by molar-refractivity contribution is 7.99. The zero-order valence-corrected chi connectivity index (χ0v) is 15.6. The van der Waals surface area contributed by atoms with E-state index in [-0.39, 0.29) is 11.9 Å². The number of carbonyl (C=O) groups is 1. The van der Waals surface area contributed by atoms with Crippen LogP contribution in [0.2, 0.25) is 0 Å². The number of nitrogens with one attached hydrogen (secondary N) is 1. The fourth-order valence-electron chi connectivity index (χ4n) is 2.96. The van der Waals surface area contributed by atoms with Crippen LogP contribution in [-0.4, -0.2) is 32.1 Å². The van der Waals surface area contributed by atoms with Crippen molar-refractivity contribution in [1.82, 2.24) is 19.7 Å². The third-order valence-electron chi connectivity index (χ3n) is 4.47. The Morgan fingerprint density at radius 1 is 1.12 bits per heavy atom. The number of imidazole rings is 1. The number of fused-ring (bicyclic) bond motifs is 5. The number of amides is 1. The Morgan fingerprint density at radius 2 is 1.85 bits per heavy atom. The summed E-state index contributed by atoms with van der Waals surface area (Å²) in [4.78, 5) is 21.8. The highest BCUT2D eigenvalue weighted by atomic mass is 32.2. The lowest BCUT2D eigenvalue weighted by Gasteiger charge is -2.12. The molecule has 5 nitrogen and oxygen atoms in total. The smallest absolute Gasteiger partial charge is 0.230 e. The van der Waals surface area contributed by atoms with E-state index in [0.717, 1.165) is 39.2 Å². The molecule has 0 aliphatic heterocycles. The number of hydrogen-bond acceptors (Lipinski definition) is 4. The molecule has 0 aliphatic carbocycles. The Morgan fingerprint density at radius 3 is 2.65 bits per heavy atom. The SMILES string of the molecule is CC[C@H](C)NC(=O)CSc1nc2ccccc2c2nc3ccccc3n12. The van der Waals surface area contributed by atoms with Gasteiger partial charge < -0.3 is 5.32 Å². The van der Waals surface area contributed by atoms with Crippen LogP contribution in [0.1, 0.15) is 20.3 Å². The molecule has 0 unspecified atom stereocenters. The molecule has 0 bridgehead atoms. The second-order valence-electron chi connectivity index (χ2n) is 6.34. The van der Waals surface area contributed by atoms with E-state index in [9.17, 15) is 4.79 Å². The lowest BCUT2D eigenvalue weighted by Crippen LogP contribution is -2.33. The molecule has 0 spiro atoms. The van der Waals surface area contributed by atoms with Crippen molar-refractivity contribution in [2.75, 3.05) is 5.75 Å². The first-order chi connectivity index (χ1) is 12.7. The highest BCUT2D eigenvalue weighted by Crippen LogP contribution is 2.28. The van der Waals surface area contributed by atoms with E-state index in [0.29, 0.717) is 5.75 Å². The average molecular weight is 364 g/mol. The van der Waals surface area contributed by atoms with Crippen molar-refractivity contribution < 1.29 is 4.79 Å². The summed E-state index contributed by atoms with van der Waals surface area (Å²) in [7, 11) is 0. The molecular formula is C20H20N4OS. The van der Waals surface area contributed by atoms with Gasteiger partial charge in [-0.25, -0.2) is 9.97 Å². The number of carbonyl (C=O) groups excluding carboxylic acids is 1. The van der Waals surface area contributed by atoms with Crippen LogP contribution in [0.5, 0.6) is 0 Å². The molecule has 4 aromatic rings. The quantitative estimate of drug-likeness (QED) is 0.429. The fraction of sp³-hybridized carbons (Fsp3) is 0.250. The molecule has 1 amide bonds. The van der Waals surface area contributed by atoms with Crippen molar-refractivity contribution in [3.63, 3.8) is 0 Å². The van der Waals surface area contributed by atoms with E-state index in [1.54, 1.807) is 0 Å². The Bertz CT molecular complexity index is 1110. The fourth-order valence-corrected chi connectivity index (χ4v) is 3.78. The summed E-state index contributed by atoms with van der Waals surface area (Å²) >= 11 is 1.44. The summed E-state index contributed by atoms with van der Waals surface area (Å²) in [6.07, 6.45) is 0.918. The molecular weight excluding hydrogens is 344 g/mol. The van der Waals surface area contributed by atoms with Gasteiger partial charge in [0.1, 0.15) is 5.65 Å². The van der Waals surface area contributed by atoms with Crippen molar-refractivity contribution in [2.45, 2.75) is 31.5 Å². The number of thioether (sulfide) groups is 1.